The Morgan fingerprint density at radius 3 is 2.48 bits per heavy atom. The predicted octanol–water partition coefficient (Wildman–Crippen LogP) is 2.67. The summed E-state index contributed by atoms with van der Waals surface area (Å²) in [7, 11) is -0.947. The molecule has 2 aromatic rings. The maximum absolute atomic E-state index is 12.5. The molecule has 0 saturated heterocycles. The molecule has 1 amide bonds. The van der Waals surface area contributed by atoms with Crippen molar-refractivity contribution >= 4 is 27.3 Å². The lowest BCUT2D eigenvalue weighted by Crippen LogP contribution is -2.43. The highest BCUT2D eigenvalue weighted by atomic mass is 32.2. The van der Waals surface area contributed by atoms with Crippen LogP contribution in [0, 0.1) is 0 Å². The van der Waals surface area contributed by atoms with Crippen LogP contribution in [0.5, 0.6) is 11.5 Å². The minimum absolute atomic E-state index is 0.00815. The van der Waals surface area contributed by atoms with Gasteiger partial charge in [0.1, 0.15) is 0 Å². The fourth-order valence-electron chi connectivity index (χ4n) is 3.70. The van der Waals surface area contributed by atoms with E-state index >= 15 is 0 Å². The number of carbonyl (C=O) groups excluding carboxylic acids is 1. The molecule has 9 heteroatoms. The highest BCUT2D eigenvalue weighted by Gasteiger charge is 2.36. The topological polar surface area (TPSA) is 93.7 Å². The lowest BCUT2D eigenvalue weighted by Gasteiger charge is -2.28. The molecule has 1 saturated carbocycles. The van der Waals surface area contributed by atoms with Gasteiger partial charge in [-0.1, -0.05) is 18.9 Å². The van der Waals surface area contributed by atoms with Crippen molar-refractivity contribution in [2.75, 3.05) is 27.3 Å². The minimum Gasteiger partial charge on any atom is -0.493 e. The Morgan fingerprint density at radius 1 is 1.14 bits per heavy atom. The Morgan fingerprint density at radius 2 is 1.86 bits per heavy atom. The molecule has 0 bridgehead atoms. The summed E-state index contributed by atoms with van der Waals surface area (Å²) in [6, 6.07) is 8.43. The van der Waals surface area contributed by atoms with Crippen LogP contribution in [0.15, 0.2) is 40.6 Å². The van der Waals surface area contributed by atoms with Crippen LogP contribution >= 0.6 is 11.3 Å². The van der Waals surface area contributed by atoms with E-state index in [0.717, 1.165) is 25.7 Å². The second kappa shape index (κ2) is 9.15. The summed E-state index contributed by atoms with van der Waals surface area (Å²) in [5.41, 5.74) is -0.0357. The number of methoxy groups -OCH3 is 2. The monoisotopic (exact) mass is 438 g/mol. The van der Waals surface area contributed by atoms with E-state index in [4.69, 9.17) is 9.47 Å². The zero-order valence-electron chi connectivity index (χ0n) is 16.6. The second-order valence-corrected chi connectivity index (χ2v) is 9.80. The summed E-state index contributed by atoms with van der Waals surface area (Å²) in [5, 5.41) is 4.96. The summed E-state index contributed by atoms with van der Waals surface area (Å²) in [5.74, 6) is 0.385. The molecule has 1 fully saturated rings. The van der Waals surface area contributed by atoms with Gasteiger partial charge in [0, 0.05) is 22.9 Å². The fourth-order valence-corrected chi connectivity index (χ4v) is 5.68. The molecule has 0 unspecified atom stereocenters. The summed E-state index contributed by atoms with van der Waals surface area (Å²) in [4.78, 5) is 13.6. The molecule has 29 heavy (non-hydrogen) atoms. The van der Waals surface area contributed by atoms with Crippen LogP contribution in [0.4, 0.5) is 0 Å². The molecule has 3 rings (SSSR count). The molecule has 0 radical (unpaired) electrons. The van der Waals surface area contributed by atoms with Gasteiger partial charge in [0.05, 0.1) is 25.7 Å². The average molecular weight is 439 g/mol. The van der Waals surface area contributed by atoms with Gasteiger partial charge in [-0.3, -0.25) is 4.79 Å². The fraction of sp³-hybridized carbons (Fsp3) is 0.450. The number of ether oxygens (including phenoxy) is 2. The normalized spacial score (nSPS) is 15.8. The number of carbonyl (C=O) groups is 1. The van der Waals surface area contributed by atoms with Crippen LogP contribution in [-0.4, -0.2) is 41.6 Å². The Labute approximate surface area is 175 Å². The standard InChI is InChI=1S/C20H26N2O5S2/c1-26-16-8-7-15(12-17(16)27-2)29(24,25)22-13-19(23)21-14-20(9-3-4-10-20)18-6-5-11-28-18/h5-8,11-12,22H,3-4,9-10,13-14H2,1-2H3,(H,21,23). The van der Waals surface area contributed by atoms with Gasteiger partial charge in [0.25, 0.3) is 0 Å². The van der Waals surface area contributed by atoms with Crippen LogP contribution < -0.4 is 19.5 Å². The van der Waals surface area contributed by atoms with E-state index in [2.05, 4.69) is 21.5 Å². The lowest BCUT2D eigenvalue weighted by atomic mass is 9.84. The van der Waals surface area contributed by atoms with E-state index in [9.17, 15) is 13.2 Å². The van der Waals surface area contributed by atoms with E-state index in [-0.39, 0.29) is 22.8 Å². The summed E-state index contributed by atoms with van der Waals surface area (Å²) in [6.45, 7) is 0.196. The third-order valence-corrected chi connectivity index (χ3v) is 7.83. The van der Waals surface area contributed by atoms with Crippen molar-refractivity contribution < 1.29 is 22.7 Å². The van der Waals surface area contributed by atoms with Crippen molar-refractivity contribution in [1.82, 2.24) is 10.0 Å². The molecule has 0 atom stereocenters. The average Bonchev–Trinajstić information content (AvgIpc) is 3.43. The molecule has 0 spiro atoms. The SMILES string of the molecule is COc1ccc(S(=O)(=O)NCC(=O)NCC2(c3cccs3)CCCC2)cc1OC. The smallest absolute Gasteiger partial charge is 0.241 e. The Balaban J connectivity index is 1.60. The van der Waals surface area contributed by atoms with Gasteiger partial charge in [-0.25, -0.2) is 13.1 Å². The third-order valence-electron chi connectivity index (χ3n) is 5.32. The van der Waals surface area contributed by atoms with E-state index < -0.39 is 10.0 Å². The minimum atomic E-state index is -3.85. The number of thiophene rings is 1. The van der Waals surface area contributed by atoms with Gasteiger partial charge in [-0.2, -0.15) is 0 Å². The summed E-state index contributed by atoms with van der Waals surface area (Å²) in [6.07, 6.45) is 4.34. The summed E-state index contributed by atoms with van der Waals surface area (Å²) >= 11 is 1.71. The number of sulfonamides is 1. The number of amides is 1. The highest BCUT2D eigenvalue weighted by Crippen LogP contribution is 2.42. The Bertz CT molecular complexity index is 936. The molecule has 158 valence electrons. The maximum atomic E-state index is 12.5. The van der Waals surface area contributed by atoms with Gasteiger partial charge < -0.3 is 14.8 Å². The molecule has 1 aromatic heterocycles. The van der Waals surface area contributed by atoms with E-state index in [1.165, 1.54) is 37.3 Å². The Kier molecular flexibility index (Phi) is 6.81. The molecule has 1 aromatic carbocycles. The van der Waals surface area contributed by atoms with Gasteiger partial charge in [-0.05, 0) is 36.4 Å². The molecule has 1 heterocycles. The number of hydrogen-bond acceptors (Lipinski definition) is 6. The lowest BCUT2D eigenvalue weighted by molar-refractivity contribution is -0.120. The van der Waals surface area contributed by atoms with Crippen LogP contribution in [0.1, 0.15) is 30.6 Å². The van der Waals surface area contributed by atoms with E-state index in [1.807, 2.05) is 6.07 Å². The number of rotatable bonds is 9. The first-order valence-electron chi connectivity index (χ1n) is 9.42. The summed E-state index contributed by atoms with van der Waals surface area (Å²) < 4.78 is 37.7. The number of nitrogens with one attached hydrogen (secondary N) is 2. The van der Waals surface area contributed by atoms with Crippen LogP contribution in [0.3, 0.4) is 0 Å². The van der Waals surface area contributed by atoms with Crippen molar-refractivity contribution in [1.29, 1.82) is 0 Å². The van der Waals surface area contributed by atoms with Crippen molar-refractivity contribution in [3.63, 3.8) is 0 Å². The zero-order valence-corrected chi connectivity index (χ0v) is 18.2. The van der Waals surface area contributed by atoms with Crippen molar-refractivity contribution in [2.24, 2.45) is 0 Å². The van der Waals surface area contributed by atoms with Gasteiger partial charge in [0.15, 0.2) is 11.5 Å². The van der Waals surface area contributed by atoms with Crippen molar-refractivity contribution in [3.8, 4) is 11.5 Å². The molecule has 7 nitrogen and oxygen atoms in total. The first kappa shape index (κ1) is 21.6. The maximum Gasteiger partial charge on any atom is 0.241 e. The molecule has 1 aliphatic carbocycles. The van der Waals surface area contributed by atoms with Crippen LogP contribution in [0.25, 0.3) is 0 Å². The predicted molar refractivity (Wildman–Crippen MR) is 112 cm³/mol. The van der Waals surface area contributed by atoms with Gasteiger partial charge in [-0.15, -0.1) is 11.3 Å². The second-order valence-electron chi connectivity index (χ2n) is 7.08. The van der Waals surface area contributed by atoms with Gasteiger partial charge in [0.2, 0.25) is 15.9 Å². The van der Waals surface area contributed by atoms with E-state index in [1.54, 1.807) is 11.3 Å². The largest absolute Gasteiger partial charge is 0.493 e. The molecule has 1 aliphatic rings. The number of hydrogen-bond donors (Lipinski definition) is 2. The van der Waals surface area contributed by atoms with Crippen LogP contribution in [0.2, 0.25) is 0 Å². The molecular weight excluding hydrogens is 412 g/mol. The third kappa shape index (κ3) is 4.91. The molecule has 0 aliphatic heterocycles. The van der Waals surface area contributed by atoms with Gasteiger partial charge >= 0.3 is 0 Å². The van der Waals surface area contributed by atoms with Crippen molar-refractivity contribution in [2.45, 2.75) is 36.0 Å². The number of benzene rings is 1. The highest BCUT2D eigenvalue weighted by molar-refractivity contribution is 7.89. The van der Waals surface area contributed by atoms with Crippen LogP contribution in [-0.2, 0) is 20.2 Å². The molecular formula is C20H26N2O5S2. The quantitative estimate of drug-likeness (QED) is 0.628. The first-order chi connectivity index (χ1) is 13.9. The first-order valence-corrected chi connectivity index (χ1v) is 11.8. The zero-order chi connectivity index (χ0) is 20.9. The molecule has 2 N–H and O–H groups in total. The van der Waals surface area contributed by atoms with Crippen molar-refractivity contribution in [3.05, 3.63) is 40.6 Å². The van der Waals surface area contributed by atoms with E-state index in [0.29, 0.717) is 18.0 Å². The Hall–Kier alpha value is -2.10.